The van der Waals surface area contributed by atoms with E-state index in [-0.39, 0.29) is 6.61 Å². The Hall–Kier alpha value is -2.99. The Kier molecular flexibility index (Phi) is 5.83. The van der Waals surface area contributed by atoms with Gasteiger partial charge in [0.05, 0.1) is 7.11 Å². The van der Waals surface area contributed by atoms with Crippen LogP contribution < -0.4 is 4.74 Å². The van der Waals surface area contributed by atoms with Gasteiger partial charge in [-0.15, -0.1) is 0 Å². The maximum Gasteiger partial charge on any atom is 0.385 e. The summed E-state index contributed by atoms with van der Waals surface area (Å²) in [5.74, 6) is 5.47. The van der Waals surface area contributed by atoms with Crippen molar-refractivity contribution in [1.29, 1.82) is 0 Å². The number of benzene rings is 2. The second-order valence-electron chi connectivity index (χ2n) is 4.39. The average Bonchev–Trinajstić information content (AvgIpc) is 2.58. The maximum atomic E-state index is 11.5. The second-order valence-corrected chi connectivity index (χ2v) is 4.39. The van der Waals surface area contributed by atoms with Crippen LogP contribution in [0.3, 0.4) is 0 Å². The monoisotopic (exact) mass is 292 g/mol. The summed E-state index contributed by atoms with van der Waals surface area (Å²) in [5.41, 5.74) is 1.79. The molecule has 0 N–H and O–H groups in total. The average molecular weight is 292 g/mol. The zero-order valence-electron chi connectivity index (χ0n) is 12.3. The fourth-order valence-electron chi connectivity index (χ4n) is 1.70. The highest BCUT2D eigenvalue weighted by Crippen LogP contribution is 2.12. The van der Waals surface area contributed by atoms with E-state index < -0.39 is 5.97 Å². The van der Waals surface area contributed by atoms with Gasteiger partial charge in [0.2, 0.25) is 0 Å². The number of methoxy groups -OCH3 is 1. The Labute approximate surface area is 130 Å². The van der Waals surface area contributed by atoms with Gasteiger partial charge in [-0.1, -0.05) is 42.3 Å². The van der Waals surface area contributed by atoms with Crippen LogP contribution in [0.4, 0.5) is 0 Å². The lowest BCUT2D eigenvalue weighted by molar-refractivity contribution is -0.135. The van der Waals surface area contributed by atoms with E-state index in [2.05, 4.69) is 11.8 Å². The summed E-state index contributed by atoms with van der Waals surface area (Å²) in [5, 5.41) is 0. The van der Waals surface area contributed by atoms with E-state index in [1.54, 1.807) is 13.2 Å². The van der Waals surface area contributed by atoms with Gasteiger partial charge in [0, 0.05) is 11.5 Å². The van der Waals surface area contributed by atoms with Gasteiger partial charge in [-0.2, -0.15) is 0 Å². The van der Waals surface area contributed by atoms with Crippen LogP contribution in [-0.4, -0.2) is 19.7 Å². The molecule has 0 spiro atoms. The standard InChI is InChI=1S/C19H16O3/c1-21-18-12-9-17(10-13-18)8-5-15-22-19(20)14-11-16-6-3-2-4-7-16/h2-10,12-13H,15H2,1H3/b8-5+. The van der Waals surface area contributed by atoms with Crippen LogP contribution in [0, 0.1) is 11.8 Å². The molecule has 110 valence electrons. The van der Waals surface area contributed by atoms with Crippen LogP contribution in [0.25, 0.3) is 6.08 Å². The van der Waals surface area contributed by atoms with Crippen LogP contribution in [0.2, 0.25) is 0 Å². The minimum absolute atomic E-state index is 0.189. The highest BCUT2D eigenvalue weighted by Gasteiger charge is 1.94. The zero-order chi connectivity index (χ0) is 15.6. The molecular formula is C19H16O3. The lowest BCUT2D eigenvalue weighted by Gasteiger charge is -1.99. The van der Waals surface area contributed by atoms with E-state index in [9.17, 15) is 4.79 Å². The molecule has 0 aliphatic rings. The third-order valence-electron chi connectivity index (χ3n) is 2.82. The van der Waals surface area contributed by atoms with Crippen molar-refractivity contribution < 1.29 is 14.3 Å². The van der Waals surface area contributed by atoms with Gasteiger partial charge >= 0.3 is 5.97 Å². The first-order chi connectivity index (χ1) is 10.8. The molecule has 0 amide bonds. The summed E-state index contributed by atoms with van der Waals surface area (Å²) in [4.78, 5) is 11.5. The van der Waals surface area contributed by atoms with Crippen molar-refractivity contribution in [1.82, 2.24) is 0 Å². The molecule has 0 saturated carbocycles. The van der Waals surface area contributed by atoms with Crippen molar-refractivity contribution in [3.8, 4) is 17.6 Å². The molecule has 0 aromatic heterocycles. The smallest absolute Gasteiger partial charge is 0.385 e. The van der Waals surface area contributed by atoms with Crippen molar-refractivity contribution >= 4 is 12.0 Å². The summed E-state index contributed by atoms with van der Waals surface area (Å²) >= 11 is 0. The molecule has 0 fully saturated rings. The number of ether oxygens (including phenoxy) is 2. The first kappa shape index (κ1) is 15.4. The molecule has 0 heterocycles. The minimum Gasteiger partial charge on any atom is -0.497 e. The molecule has 2 aromatic rings. The summed E-state index contributed by atoms with van der Waals surface area (Å²) in [6.07, 6.45) is 3.64. The van der Waals surface area contributed by atoms with Crippen molar-refractivity contribution in [2.75, 3.05) is 13.7 Å². The van der Waals surface area contributed by atoms with Crippen molar-refractivity contribution in [3.63, 3.8) is 0 Å². The highest BCUT2D eigenvalue weighted by atomic mass is 16.5. The number of hydrogen-bond acceptors (Lipinski definition) is 3. The van der Waals surface area contributed by atoms with Crippen LogP contribution in [0.15, 0.2) is 60.7 Å². The molecule has 0 atom stereocenters. The first-order valence-electron chi connectivity index (χ1n) is 6.82. The molecule has 0 aliphatic carbocycles. The van der Waals surface area contributed by atoms with E-state index in [4.69, 9.17) is 9.47 Å². The van der Waals surface area contributed by atoms with Crippen molar-refractivity contribution in [2.45, 2.75) is 0 Å². The Morgan fingerprint density at radius 2 is 1.82 bits per heavy atom. The predicted molar refractivity (Wildman–Crippen MR) is 86.3 cm³/mol. The quantitative estimate of drug-likeness (QED) is 0.640. The molecular weight excluding hydrogens is 276 g/mol. The van der Waals surface area contributed by atoms with Crippen LogP contribution in [0.1, 0.15) is 11.1 Å². The Balaban J connectivity index is 1.79. The van der Waals surface area contributed by atoms with Crippen LogP contribution in [-0.2, 0) is 9.53 Å². The lowest BCUT2D eigenvalue weighted by Crippen LogP contribution is -2.00. The van der Waals surface area contributed by atoms with Gasteiger partial charge < -0.3 is 9.47 Å². The largest absolute Gasteiger partial charge is 0.497 e. The Morgan fingerprint density at radius 1 is 1.09 bits per heavy atom. The van der Waals surface area contributed by atoms with Gasteiger partial charge in [0.15, 0.2) is 0 Å². The van der Waals surface area contributed by atoms with Gasteiger partial charge in [-0.25, -0.2) is 4.79 Å². The lowest BCUT2D eigenvalue weighted by atomic mass is 10.2. The molecule has 0 saturated heterocycles. The van der Waals surface area contributed by atoms with E-state index in [1.807, 2.05) is 60.7 Å². The predicted octanol–water partition coefficient (Wildman–Crippen LogP) is 3.30. The Bertz CT molecular complexity index is 689. The van der Waals surface area contributed by atoms with Crippen molar-refractivity contribution in [2.24, 2.45) is 0 Å². The molecule has 3 heteroatoms. The first-order valence-corrected chi connectivity index (χ1v) is 6.82. The van der Waals surface area contributed by atoms with E-state index in [0.29, 0.717) is 0 Å². The van der Waals surface area contributed by atoms with Crippen LogP contribution in [0.5, 0.6) is 5.75 Å². The van der Waals surface area contributed by atoms with Gasteiger partial charge in [0.1, 0.15) is 12.4 Å². The molecule has 2 rings (SSSR count). The summed E-state index contributed by atoms with van der Waals surface area (Å²) in [6, 6.07) is 16.9. The molecule has 22 heavy (non-hydrogen) atoms. The minimum atomic E-state index is -0.539. The number of carbonyl (C=O) groups excluding carboxylic acids is 1. The zero-order valence-corrected chi connectivity index (χ0v) is 12.3. The number of hydrogen-bond donors (Lipinski definition) is 0. The molecule has 0 aliphatic heterocycles. The van der Waals surface area contributed by atoms with Gasteiger partial charge in [-0.3, -0.25) is 0 Å². The fourth-order valence-corrected chi connectivity index (χ4v) is 1.70. The molecule has 2 aromatic carbocycles. The SMILES string of the molecule is COc1ccc(/C=C/COC(=O)C#Cc2ccccc2)cc1. The third kappa shape index (κ3) is 5.18. The molecule has 0 unspecified atom stereocenters. The van der Waals surface area contributed by atoms with Gasteiger partial charge in [-0.05, 0) is 35.9 Å². The fraction of sp³-hybridized carbons (Fsp3) is 0.105. The third-order valence-corrected chi connectivity index (χ3v) is 2.82. The molecule has 3 nitrogen and oxygen atoms in total. The maximum absolute atomic E-state index is 11.5. The summed E-state index contributed by atoms with van der Waals surface area (Å²) in [7, 11) is 1.63. The summed E-state index contributed by atoms with van der Waals surface area (Å²) in [6.45, 7) is 0.189. The normalized spacial score (nSPS) is 9.86. The molecule has 0 radical (unpaired) electrons. The van der Waals surface area contributed by atoms with Gasteiger partial charge in [0.25, 0.3) is 0 Å². The molecule has 0 bridgehead atoms. The summed E-state index contributed by atoms with van der Waals surface area (Å²) < 4.78 is 10.1. The second kappa shape index (κ2) is 8.33. The number of rotatable bonds is 4. The highest BCUT2D eigenvalue weighted by molar-refractivity contribution is 5.89. The number of esters is 1. The van der Waals surface area contributed by atoms with E-state index in [0.717, 1.165) is 16.9 Å². The Morgan fingerprint density at radius 3 is 2.50 bits per heavy atom. The topological polar surface area (TPSA) is 35.5 Å². The van der Waals surface area contributed by atoms with Crippen molar-refractivity contribution in [3.05, 3.63) is 71.8 Å². The van der Waals surface area contributed by atoms with E-state index in [1.165, 1.54) is 0 Å². The number of carbonyl (C=O) groups is 1. The van der Waals surface area contributed by atoms with Crippen LogP contribution >= 0.6 is 0 Å². The van der Waals surface area contributed by atoms with E-state index >= 15 is 0 Å².